The highest BCUT2D eigenvalue weighted by Gasteiger charge is 2.20. The van der Waals surface area contributed by atoms with Crippen molar-refractivity contribution in [1.29, 1.82) is 0 Å². The predicted molar refractivity (Wildman–Crippen MR) is 99.5 cm³/mol. The fraction of sp³-hybridized carbons (Fsp3) is 0.450. The molecule has 2 aromatic rings. The van der Waals surface area contributed by atoms with Gasteiger partial charge in [0.05, 0.1) is 6.10 Å². The Bertz CT molecular complexity index is 831. The molecule has 132 valence electrons. The molecule has 1 atom stereocenters. The number of hydrogen-bond acceptors (Lipinski definition) is 3. The molecule has 2 N–H and O–H groups in total. The van der Waals surface area contributed by atoms with Gasteiger partial charge >= 0.3 is 0 Å². The maximum absolute atomic E-state index is 11.6. The van der Waals surface area contributed by atoms with Gasteiger partial charge < -0.3 is 19.9 Å². The first-order valence-corrected chi connectivity index (χ1v) is 9.04. The van der Waals surface area contributed by atoms with Crippen LogP contribution in [0.1, 0.15) is 35.2 Å². The third-order valence-electron chi connectivity index (χ3n) is 5.35. The molecular formula is C20H25N3O2. The summed E-state index contributed by atoms with van der Waals surface area (Å²) in [5, 5.41) is 1.12. The van der Waals surface area contributed by atoms with Gasteiger partial charge in [-0.2, -0.15) is 0 Å². The topological polar surface area (TPSA) is 60.5 Å². The molecule has 1 saturated heterocycles. The van der Waals surface area contributed by atoms with Gasteiger partial charge in [0.2, 0.25) is 5.91 Å². The van der Waals surface area contributed by atoms with Crippen molar-refractivity contribution < 1.29 is 9.53 Å². The fourth-order valence-corrected chi connectivity index (χ4v) is 3.88. The van der Waals surface area contributed by atoms with Gasteiger partial charge in [-0.05, 0) is 50.1 Å². The average molecular weight is 339 g/mol. The second-order valence-electron chi connectivity index (χ2n) is 7.17. The zero-order valence-corrected chi connectivity index (χ0v) is 14.7. The number of benzene rings is 1. The van der Waals surface area contributed by atoms with Crippen molar-refractivity contribution in [3.63, 3.8) is 0 Å². The lowest BCUT2D eigenvalue weighted by Crippen LogP contribution is -2.23. The number of fused-ring (bicyclic) bond motifs is 1. The molecule has 0 saturated carbocycles. The summed E-state index contributed by atoms with van der Waals surface area (Å²) in [4.78, 5) is 13.9. The highest BCUT2D eigenvalue weighted by molar-refractivity contribution is 6.00. The number of amides is 1. The first-order valence-electron chi connectivity index (χ1n) is 9.04. The van der Waals surface area contributed by atoms with Crippen molar-refractivity contribution in [2.24, 2.45) is 5.73 Å². The summed E-state index contributed by atoms with van der Waals surface area (Å²) in [6.07, 6.45) is 8.09. The molecule has 1 fully saturated rings. The van der Waals surface area contributed by atoms with E-state index in [1.165, 1.54) is 11.1 Å². The van der Waals surface area contributed by atoms with Crippen molar-refractivity contribution in [1.82, 2.24) is 9.47 Å². The Morgan fingerprint density at radius 1 is 1.40 bits per heavy atom. The number of carbonyl (C=O) groups excluding carboxylic acids is 1. The normalized spacial score (nSPS) is 21.6. The molecule has 5 heteroatoms. The number of primary amides is 1. The molecule has 1 aromatic heterocycles. The Morgan fingerprint density at radius 2 is 2.28 bits per heavy atom. The third kappa shape index (κ3) is 3.22. The van der Waals surface area contributed by atoms with Crippen LogP contribution >= 0.6 is 0 Å². The van der Waals surface area contributed by atoms with Crippen molar-refractivity contribution in [2.75, 3.05) is 26.7 Å². The van der Waals surface area contributed by atoms with Gasteiger partial charge in [0.25, 0.3) is 0 Å². The van der Waals surface area contributed by atoms with E-state index in [0.717, 1.165) is 56.4 Å². The monoisotopic (exact) mass is 339 g/mol. The van der Waals surface area contributed by atoms with E-state index in [4.69, 9.17) is 10.5 Å². The Kier molecular flexibility index (Phi) is 4.36. The van der Waals surface area contributed by atoms with Gasteiger partial charge in [0, 0.05) is 54.5 Å². The van der Waals surface area contributed by atoms with Gasteiger partial charge in [0.1, 0.15) is 0 Å². The first-order chi connectivity index (χ1) is 12.1. The van der Waals surface area contributed by atoms with Crippen molar-refractivity contribution in [2.45, 2.75) is 31.9 Å². The summed E-state index contributed by atoms with van der Waals surface area (Å²) in [7, 11) is 2.14. The smallest absolute Gasteiger partial charge is 0.248 e. The molecule has 0 spiro atoms. The molecule has 5 nitrogen and oxygen atoms in total. The van der Waals surface area contributed by atoms with Crippen LogP contribution in [-0.4, -0.2) is 48.2 Å². The van der Waals surface area contributed by atoms with Crippen LogP contribution in [0, 0.1) is 0 Å². The number of aromatic nitrogens is 1. The molecular weight excluding hydrogens is 314 g/mol. The Morgan fingerprint density at radius 3 is 2.96 bits per heavy atom. The number of nitrogens with two attached hydrogens (primary N) is 1. The molecule has 0 radical (unpaired) electrons. The lowest BCUT2D eigenvalue weighted by atomic mass is 9.98. The number of ether oxygens (including phenoxy) is 1. The van der Waals surface area contributed by atoms with E-state index < -0.39 is 0 Å². The molecule has 2 aliphatic rings. The van der Waals surface area contributed by atoms with Gasteiger partial charge in [-0.25, -0.2) is 0 Å². The van der Waals surface area contributed by atoms with Crippen LogP contribution in [0.4, 0.5) is 0 Å². The van der Waals surface area contributed by atoms with Gasteiger partial charge in [-0.15, -0.1) is 0 Å². The lowest BCUT2D eigenvalue weighted by Gasteiger charge is -2.21. The number of rotatable bonds is 4. The second kappa shape index (κ2) is 6.65. The van der Waals surface area contributed by atoms with Gasteiger partial charge in [-0.3, -0.25) is 4.79 Å². The summed E-state index contributed by atoms with van der Waals surface area (Å²) in [5.74, 6) is -0.378. The van der Waals surface area contributed by atoms with E-state index in [1.807, 2.05) is 18.2 Å². The molecule has 1 amide bonds. The Balaban J connectivity index is 1.79. The van der Waals surface area contributed by atoms with E-state index >= 15 is 0 Å². The molecule has 25 heavy (non-hydrogen) atoms. The summed E-state index contributed by atoms with van der Waals surface area (Å²) in [5.41, 5.74) is 9.80. The highest BCUT2D eigenvalue weighted by Crippen LogP contribution is 2.32. The SMILES string of the molecule is CN1CC=C(c2cn(CC3CCCO3)c3ccc(C(N)=O)cc23)CC1. The van der Waals surface area contributed by atoms with E-state index in [-0.39, 0.29) is 12.0 Å². The quantitative estimate of drug-likeness (QED) is 0.931. The van der Waals surface area contributed by atoms with Crippen LogP contribution in [0.3, 0.4) is 0 Å². The maximum atomic E-state index is 11.6. The molecule has 2 aliphatic heterocycles. The molecule has 0 bridgehead atoms. The summed E-state index contributed by atoms with van der Waals surface area (Å²) >= 11 is 0. The highest BCUT2D eigenvalue weighted by atomic mass is 16.5. The van der Waals surface area contributed by atoms with E-state index in [9.17, 15) is 4.79 Å². The first kappa shape index (κ1) is 16.4. The van der Waals surface area contributed by atoms with Gasteiger partial charge in [0.15, 0.2) is 0 Å². The minimum atomic E-state index is -0.378. The van der Waals surface area contributed by atoms with Crippen LogP contribution < -0.4 is 5.73 Å². The molecule has 4 rings (SSSR count). The molecule has 1 unspecified atom stereocenters. The van der Waals surface area contributed by atoms with Crippen LogP contribution in [0.5, 0.6) is 0 Å². The van der Waals surface area contributed by atoms with E-state index in [1.54, 1.807) is 0 Å². The van der Waals surface area contributed by atoms with Crippen LogP contribution in [0.15, 0.2) is 30.5 Å². The van der Waals surface area contributed by atoms with Gasteiger partial charge in [-0.1, -0.05) is 6.08 Å². The number of likely N-dealkylation sites (N-methyl/N-ethyl adjacent to an activating group) is 1. The lowest BCUT2D eigenvalue weighted by molar-refractivity contribution is 0.0979. The van der Waals surface area contributed by atoms with Crippen molar-refractivity contribution in [3.8, 4) is 0 Å². The van der Waals surface area contributed by atoms with Crippen LogP contribution in [0.2, 0.25) is 0 Å². The van der Waals surface area contributed by atoms with Crippen LogP contribution in [0.25, 0.3) is 16.5 Å². The fourth-order valence-electron chi connectivity index (χ4n) is 3.88. The van der Waals surface area contributed by atoms with E-state index in [0.29, 0.717) is 5.56 Å². The predicted octanol–water partition coefficient (Wildman–Crippen LogP) is 2.64. The minimum Gasteiger partial charge on any atom is -0.376 e. The number of hydrogen-bond donors (Lipinski definition) is 1. The van der Waals surface area contributed by atoms with Crippen molar-refractivity contribution >= 4 is 22.4 Å². The Labute approximate surface area is 148 Å². The molecule has 1 aromatic carbocycles. The standard InChI is InChI=1S/C20H25N3O2/c1-22-8-6-14(7-9-22)18-13-23(12-16-3-2-10-25-16)19-5-4-15(20(21)24)11-17(18)19/h4-6,11,13,16H,2-3,7-10,12H2,1H3,(H2,21,24). The van der Waals surface area contributed by atoms with Crippen LogP contribution in [-0.2, 0) is 11.3 Å². The number of carbonyl (C=O) groups is 1. The average Bonchev–Trinajstić information content (AvgIpc) is 3.24. The minimum absolute atomic E-state index is 0.283. The summed E-state index contributed by atoms with van der Waals surface area (Å²) in [6.45, 7) is 3.74. The zero-order valence-electron chi connectivity index (χ0n) is 14.7. The zero-order chi connectivity index (χ0) is 17.4. The maximum Gasteiger partial charge on any atom is 0.248 e. The molecule has 0 aliphatic carbocycles. The second-order valence-corrected chi connectivity index (χ2v) is 7.17. The third-order valence-corrected chi connectivity index (χ3v) is 5.35. The Hall–Kier alpha value is -2.11. The van der Waals surface area contributed by atoms with Crippen molar-refractivity contribution in [3.05, 3.63) is 41.6 Å². The largest absolute Gasteiger partial charge is 0.376 e. The summed E-state index contributed by atoms with van der Waals surface area (Å²) < 4.78 is 8.10. The number of nitrogens with zero attached hydrogens (tertiary/aromatic N) is 2. The molecule has 3 heterocycles. The summed E-state index contributed by atoms with van der Waals surface area (Å²) in [6, 6.07) is 5.78. The van der Waals surface area contributed by atoms with E-state index in [2.05, 4.69) is 28.8 Å².